The lowest BCUT2D eigenvalue weighted by Crippen LogP contribution is -2.83. The van der Waals surface area contributed by atoms with Crippen LogP contribution in [0.5, 0.6) is 0 Å². The number of β-lactam (4-membered cyclic amide) rings is 1. The smallest absolute Gasteiger partial charge is 0.278 e. The molecular formula is C25H36N2O5Si2. The Morgan fingerprint density at radius 3 is 2.26 bits per heavy atom. The molecule has 0 saturated carbocycles. The first-order valence-electron chi connectivity index (χ1n) is 11.7. The maximum atomic E-state index is 13.4. The van der Waals surface area contributed by atoms with E-state index in [9.17, 15) is 14.9 Å². The summed E-state index contributed by atoms with van der Waals surface area (Å²) >= 11 is 0. The van der Waals surface area contributed by atoms with Crippen molar-refractivity contribution in [2.75, 3.05) is 0 Å². The molecule has 1 spiro atoms. The van der Waals surface area contributed by atoms with Crippen molar-refractivity contribution in [1.29, 1.82) is 5.26 Å². The van der Waals surface area contributed by atoms with Crippen molar-refractivity contribution < 1.29 is 23.3 Å². The van der Waals surface area contributed by atoms with E-state index in [2.05, 4.69) is 6.07 Å². The number of hydrogen-bond donors (Lipinski definition) is 0. The molecule has 34 heavy (non-hydrogen) atoms. The van der Waals surface area contributed by atoms with Gasteiger partial charge in [-0.1, -0.05) is 51.1 Å². The van der Waals surface area contributed by atoms with Crippen molar-refractivity contribution in [1.82, 2.24) is 5.06 Å². The van der Waals surface area contributed by atoms with Gasteiger partial charge < -0.3 is 8.85 Å². The number of ketones is 1. The van der Waals surface area contributed by atoms with Crippen molar-refractivity contribution in [3.05, 3.63) is 47.5 Å². The molecule has 1 aliphatic heterocycles. The van der Waals surface area contributed by atoms with Crippen LogP contribution in [0.1, 0.15) is 26.3 Å². The molecule has 7 nitrogen and oxygen atoms in total. The van der Waals surface area contributed by atoms with E-state index in [0.29, 0.717) is 0 Å². The van der Waals surface area contributed by atoms with Gasteiger partial charge in [0.2, 0.25) is 0 Å². The molecule has 9 heteroatoms. The minimum atomic E-state index is -2.24. The molecule has 1 fully saturated rings. The zero-order valence-electron chi connectivity index (χ0n) is 21.4. The molecule has 0 N–H and O–H groups in total. The van der Waals surface area contributed by atoms with Crippen LogP contribution in [-0.2, 0) is 29.9 Å². The number of hydrogen-bond acceptors (Lipinski definition) is 6. The van der Waals surface area contributed by atoms with E-state index in [1.165, 1.54) is 11.1 Å². The molecule has 1 aromatic carbocycles. The van der Waals surface area contributed by atoms with Gasteiger partial charge in [-0.05, 0) is 49.8 Å². The molecule has 4 atom stereocenters. The van der Waals surface area contributed by atoms with E-state index in [-0.39, 0.29) is 23.9 Å². The SMILES string of the molecule is C[SiH](C)OC1C(=O)N(OCc2ccccc2)C12C(C#N)=CC(=O)C(C(C)(C)C)C2O[Si](C)(C)C. The van der Waals surface area contributed by atoms with Gasteiger partial charge in [0, 0.05) is 0 Å². The fourth-order valence-corrected chi connectivity index (χ4v) is 6.74. The Morgan fingerprint density at radius 2 is 1.76 bits per heavy atom. The Bertz CT molecular complexity index is 1010. The maximum absolute atomic E-state index is 13.4. The van der Waals surface area contributed by atoms with E-state index in [0.717, 1.165) is 5.56 Å². The molecule has 0 radical (unpaired) electrons. The average Bonchev–Trinajstić information content (AvgIpc) is 2.71. The summed E-state index contributed by atoms with van der Waals surface area (Å²) in [7, 11) is -3.95. The summed E-state index contributed by atoms with van der Waals surface area (Å²) in [6, 6.07) is 11.7. The molecule has 1 aromatic rings. The molecule has 1 aliphatic carbocycles. The highest BCUT2D eigenvalue weighted by Gasteiger charge is 2.73. The van der Waals surface area contributed by atoms with Crippen LogP contribution in [0, 0.1) is 22.7 Å². The number of allylic oxidation sites excluding steroid dienone is 1. The van der Waals surface area contributed by atoms with E-state index < -0.39 is 46.4 Å². The van der Waals surface area contributed by atoms with Gasteiger partial charge in [0.25, 0.3) is 5.91 Å². The minimum absolute atomic E-state index is 0.145. The summed E-state index contributed by atoms with van der Waals surface area (Å²) in [5.74, 6) is -1.09. The quantitative estimate of drug-likeness (QED) is 0.416. The first-order chi connectivity index (χ1) is 15.7. The summed E-state index contributed by atoms with van der Waals surface area (Å²) in [5, 5.41) is 11.5. The summed E-state index contributed by atoms with van der Waals surface area (Å²) in [4.78, 5) is 32.9. The lowest BCUT2D eigenvalue weighted by atomic mass is 9.59. The van der Waals surface area contributed by atoms with Crippen molar-refractivity contribution in [3.63, 3.8) is 0 Å². The fourth-order valence-electron chi connectivity index (χ4n) is 4.80. The monoisotopic (exact) mass is 500 g/mol. The second-order valence-electron chi connectivity index (χ2n) is 11.3. The molecule has 1 heterocycles. The van der Waals surface area contributed by atoms with Gasteiger partial charge in [-0.2, -0.15) is 5.26 Å². The van der Waals surface area contributed by atoms with Crippen LogP contribution in [0.15, 0.2) is 42.0 Å². The van der Waals surface area contributed by atoms with Crippen molar-refractivity contribution in [3.8, 4) is 6.07 Å². The van der Waals surface area contributed by atoms with Crippen molar-refractivity contribution in [2.45, 2.75) is 77.9 Å². The number of amides is 1. The third-order valence-corrected chi connectivity index (χ3v) is 7.84. The molecule has 4 unspecified atom stereocenters. The largest absolute Gasteiger partial charge is 0.411 e. The zero-order valence-corrected chi connectivity index (χ0v) is 23.6. The van der Waals surface area contributed by atoms with E-state index >= 15 is 0 Å². The second-order valence-corrected chi connectivity index (χ2v) is 18.2. The van der Waals surface area contributed by atoms with Crippen molar-refractivity contribution >= 4 is 29.0 Å². The predicted octanol–water partition coefficient (Wildman–Crippen LogP) is 3.98. The number of benzene rings is 1. The van der Waals surface area contributed by atoms with E-state index in [4.69, 9.17) is 13.7 Å². The summed E-state index contributed by atoms with van der Waals surface area (Å²) in [6.07, 6.45) is -0.318. The fraction of sp³-hybridized carbons (Fsp3) is 0.560. The molecule has 2 aliphatic rings. The summed E-state index contributed by atoms with van der Waals surface area (Å²) < 4.78 is 13.0. The molecular weight excluding hydrogens is 464 g/mol. The van der Waals surface area contributed by atoms with Crippen molar-refractivity contribution in [2.24, 2.45) is 11.3 Å². The van der Waals surface area contributed by atoms with Gasteiger partial charge in [0.15, 0.2) is 34.8 Å². The van der Waals surface area contributed by atoms with Crippen LogP contribution < -0.4 is 0 Å². The van der Waals surface area contributed by atoms with Crippen LogP contribution in [0.25, 0.3) is 0 Å². The van der Waals surface area contributed by atoms with Crippen LogP contribution in [-0.4, -0.2) is 51.9 Å². The van der Waals surface area contributed by atoms with E-state index in [1.807, 2.05) is 83.8 Å². The molecule has 0 bridgehead atoms. The number of carbonyl (C=O) groups is 2. The molecule has 1 amide bonds. The van der Waals surface area contributed by atoms with Crippen LogP contribution >= 0.6 is 0 Å². The predicted molar refractivity (Wildman–Crippen MR) is 134 cm³/mol. The van der Waals surface area contributed by atoms with Gasteiger partial charge in [-0.3, -0.25) is 14.4 Å². The molecule has 0 aromatic heterocycles. The van der Waals surface area contributed by atoms with E-state index in [1.54, 1.807) is 0 Å². The topological polar surface area (TPSA) is 88.9 Å². The Hall–Kier alpha value is -2.10. The van der Waals surface area contributed by atoms with Gasteiger partial charge in [-0.25, -0.2) is 5.06 Å². The highest BCUT2D eigenvalue weighted by atomic mass is 28.4. The second kappa shape index (κ2) is 9.51. The number of rotatable bonds is 7. The molecule has 3 rings (SSSR count). The van der Waals surface area contributed by atoms with Crippen LogP contribution in [0.4, 0.5) is 0 Å². The Balaban J connectivity index is 2.19. The number of nitriles is 1. The number of hydroxylamine groups is 2. The Kier molecular flexibility index (Phi) is 7.42. The van der Waals surface area contributed by atoms with Gasteiger partial charge in [0.1, 0.15) is 6.61 Å². The van der Waals surface area contributed by atoms with Crippen LogP contribution in [0.2, 0.25) is 32.7 Å². The van der Waals surface area contributed by atoms with Gasteiger partial charge in [-0.15, -0.1) is 0 Å². The minimum Gasteiger partial charge on any atom is -0.411 e. The molecule has 1 saturated heterocycles. The third-order valence-electron chi connectivity index (χ3n) is 6.07. The molecule has 184 valence electrons. The number of nitrogens with zero attached hydrogens (tertiary/aromatic N) is 2. The highest BCUT2D eigenvalue weighted by molar-refractivity contribution is 6.69. The standard InChI is InChI=1S/C25H36N2O5Si2/c1-24(2,3)20-19(28)14-18(15-26)25(21(20)32-34(6,7)8)22(31-33(4)5)23(29)27(25)30-16-17-12-10-9-11-13-17/h9-14,20-22,33H,16H2,1-8H3. The number of carbonyl (C=O) groups excluding carboxylic acids is 2. The van der Waals surface area contributed by atoms with Gasteiger partial charge >= 0.3 is 0 Å². The van der Waals surface area contributed by atoms with Crippen LogP contribution in [0.3, 0.4) is 0 Å². The average molecular weight is 501 g/mol. The lowest BCUT2D eigenvalue weighted by Gasteiger charge is -2.62. The summed E-state index contributed by atoms with van der Waals surface area (Å²) in [5.41, 5.74) is -0.745. The first kappa shape index (κ1) is 26.5. The Morgan fingerprint density at radius 1 is 1.15 bits per heavy atom. The zero-order chi connectivity index (χ0) is 25.5. The van der Waals surface area contributed by atoms with Gasteiger partial charge in [0.05, 0.1) is 23.7 Å². The lowest BCUT2D eigenvalue weighted by molar-refractivity contribution is -0.301. The normalized spacial score (nSPS) is 27.6. The highest BCUT2D eigenvalue weighted by Crippen LogP contribution is 2.53. The third kappa shape index (κ3) is 4.83. The Labute approximate surface area is 205 Å². The summed E-state index contributed by atoms with van der Waals surface area (Å²) in [6.45, 7) is 16.2. The first-order valence-corrected chi connectivity index (χ1v) is 17.9. The maximum Gasteiger partial charge on any atom is 0.278 e.